The van der Waals surface area contributed by atoms with E-state index in [-0.39, 0.29) is 23.6 Å². The summed E-state index contributed by atoms with van der Waals surface area (Å²) in [6, 6.07) is 11.0. The molecule has 0 atom stereocenters. The number of aryl methyl sites for hydroxylation is 2. The number of aromatic nitrogens is 7. The van der Waals surface area contributed by atoms with E-state index in [4.69, 9.17) is 4.74 Å². The van der Waals surface area contributed by atoms with Gasteiger partial charge in [0, 0.05) is 24.5 Å². The number of fused-ring (bicyclic) bond motifs is 1. The molecule has 0 bridgehead atoms. The van der Waals surface area contributed by atoms with Gasteiger partial charge in [0.1, 0.15) is 11.1 Å². The fraction of sp³-hybridized carbons (Fsp3) is 0.200. The molecule has 0 spiro atoms. The third kappa shape index (κ3) is 4.00. The molecule has 0 saturated carbocycles. The third-order valence-electron chi connectivity index (χ3n) is 5.69. The number of hydrogen-bond donors (Lipinski definition) is 1. The topological polar surface area (TPSA) is 121 Å². The Bertz CT molecular complexity index is 1560. The molecule has 0 radical (unpaired) electrons. The maximum atomic E-state index is 13.5. The number of para-hydroxylation sites is 1. The molecule has 4 aromatic heterocycles. The van der Waals surface area contributed by atoms with Crippen LogP contribution in [0.1, 0.15) is 40.3 Å². The Hall–Kier alpha value is -4.80. The predicted molar refractivity (Wildman–Crippen MR) is 132 cm³/mol. The number of carbonyl (C=O) groups is 2. The van der Waals surface area contributed by atoms with Crippen LogP contribution in [0.25, 0.3) is 22.6 Å². The zero-order valence-electron chi connectivity index (χ0n) is 20.0. The van der Waals surface area contributed by atoms with Crippen LogP contribution in [0.4, 0.5) is 5.82 Å². The van der Waals surface area contributed by atoms with Crippen LogP contribution in [0.2, 0.25) is 0 Å². The molecular formula is C25H24N8O3. The lowest BCUT2D eigenvalue weighted by molar-refractivity contribution is 0.0527. The Morgan fingerprint density at radius 2 is 1.81 bits per heavy atom. The van der Waals surface area contributed by atoms with Gasteiger partial charge in [-0.1, -0.05) is 18.2 Å². The first-order valence-corrected chi connectivity index (χ1v) is 11.5. The van der Waals surface area contributed by atoms with E-state index in [0.717, 1.165) is 23.5 Å². The summed E-state index contributed by atoms with van der Waals surface area (Å²) in [5.74, 6) is -0.877. The van der Waals surface area contributed by atoms with Gasteiger partial charge in [0.15, 0.2) is 11.5 Å². The number of hydrogen-bond acceptors (Lipinski definition) is 7. The first-order valence-electron chi connectivity index (χ1n) is 11.5. The van der Waals surface area contributed by atoms with Crippen LogP contribution in [0.15, 0.2) is 61.2 Å². The second-order valence-corrected chi connectivity index (χ2v) is 7.94. The van der Waals surface area contributed by atoms with Crippen molar-refractivity contribution in [2.24, 2.45) is 0 Å². The van der Waals surface area contributed by atoms with Crippen LogP contribution in [-0.4, -0.2) is 52.6 Å². The van der Waals surface area contributed by atoms with Crippen LogP contribution in [0.5, 0.6) is 0 Å². The van der Waals surface area contributed by atoms with E-state index >= 15 is 0 Å². The number of nitrogens with one attached hydrogen (secondary N) is 1. The van der Waals surface area contributed by atoms with E-state index in [1.54, 1.807) is 17.6 Å². The largest absolute Gasteiger partial charge is 0.462 e. The summed E-state index contributed by atoms with van der Waals surface area (Å²) in [4.78, 5) is 30.4. The summed E-state index contributed by atoms with van der Waals surface area (Å²) in [7, 11) is 0. The number of ether oxygens (including phenoxy) is 1. The minimum atomic E-state index is -0.585. The molecule has 0 saturated heterocycles. The molecule has 5 rings (SSSR count). The Balaban J connectivity index is 1.55. The van der Waals surface area contributed by atoms with E-state index in [0.29, 0.717) is 11.3 Å². The number of carbonyl (C=O) groups excluding carboxylic acids is 2. The highest BCUT2D eigenvalue weighted by Gasteiger charge is 2.24. The second-order valence-electron chi connectivity index (χ2n) is 7.94. The minimum absolute atomic E-state index is 0.141. The molecule has 0 aliphatic carbocycles. The van der Waals surface area contributed by atoms with Gasteiger partial charge in [0.25, 0.3) is 5.91 Å². The lowest BCUT2D eigenvalue weighted by atomic mass is 10.2. The van der Waals surface area contributed by atoms with Gasteiger partial charge in [0.05, 0.1) is 36.1 Å². The van der Waals surface area contributed by atoms with Gasteiger partial charge < -0.3 is 10.1 Å². The van der Waals surface area contributed by atoms with Crippen molar-refractivity contribution in [2.75, 3.05) is 11.9 Å². The van der Waals surface area contributed by atoms with E-state index in [1.807, 2.05) is 61.1 Å². The Kier molecular flexibility index (Phi) is 6.03. The predicted octanol–water partition coefficient (Wildman–Crippen LogP) is 3.54. The normalized spacial score (nSPS) is 11.1. The van der Waals surface area contributed by atoms with E-state index in [9.17, 15) is 9.59 Å². The standard InChI is InChI=1S/C25H24N8O3/c1-4-31-15-20(16(3)30-31)21-11-12-26-22-18(13-28-33(21)22)24(34)29-23-19(25(35)36-5-2)14-27-32(23)17-9-7-6-8-10-17/h6-15H,4-5H2,1-3H3,(H,29,34). The fourth-order valence-corrected chi connectivity index (χ4v) is 3.95. The maximum absolute atomic E-state index is 13.5. The molecular weight excluding hydrogens is 460 g/mol. The number of benzene rings is 1. The van der Waals surface area contributed by atoms with Crippen LogP contribution >= 0.6 is 0 Å². The number of esters is 1. The third-order valence-corrected chi connectivity index (χ3v) is 5.69. The van der Waals surface area contributed by atoms with Crippen molar-refractivity contribution in [1.29, 1.82) is 0 Å². The molecule has 1 aromatic carbocycles. The van der Waals surface area contributed by atoms with Gasteiger partial charge in [-0.25, -0.2) is 19.0 Å². The highest BCUT2D eigenvalue weighted by molar-refractivity contribution is 6.10. The second kappa shape index (κ2) is 9.45. The monoisotopic (exact) mass is 484 g/mol. The highest BCUT2D eigenvalue weighted by atomic mass is 16.5. The van der Waals surface area contributed by atoms with E-state index < -0.39 is 11.9 Å². The summed E-state index contributed by atoms with van der Waals surface area (Å²) in [6.07, 6.45) is 6.40. The van der Waals surface area contributed by atoms with Crippen molar-refractivity contribution in [1.82, 2.24) is 34.2 Å². The summed E-state index contributed by atoms with van der Waals surface area (Å²) in [6.45, 7) is 6.58. The molecule has 5 aromatic rings. The molecule has 11 heteroatoms. The molecule has 1 amide bonds. The minimum Gasteiger partial charge on any atom is -0.462 e. The van der Waals surface area contributed by atoms with Crippen LogP contribution in [-0.2, 0) is 11.3 Å². The Morgan fingerprint density at radius 3 is 2.53 bits per heavy atom. The van der Waals surface area contributed by atoms with Crippen LogP contribution in [0.3, 0.4) is 0 Å². The summed E-state index contributed by atoms with van der Waals surface area (Å²) >= 11 is 0. The fourth-order valence-electron chi connectivity index (χ4n) is 3.95. The molecule has 11 nitrogen and oxygen atoms in total. The van der Waals surface area contributed by atoms with Crippen molar-refractivity contribution in [3.05, 3.63) is 78.0 Å². The lowest BCUT2D eigenvalue weighted by Gasteiger charge is -2.11. The number of rotatable bonds is 7. The summed E-state index contributed by atoms with van der Waals surface area (Å²) < 4.78 is 10.1. The smallest absolute Gasteiger partial charge is 0.343 e. The van der Waals surface area contributed by atoms with Crippen molar-refractivity contribution in [2.45, 2.75) is 27.3 Å². The van der Waals surface area contributed by atoms with Gasteiger partial charge in [-0.2, -0.15) is 15.3 Å². The zero-order valence-corrected chi connectivity index (χ0v) is 20.0. The average Bonchev–Trinajstić information content (AvgIpc) is 3.61. The Labute approximate surface area is 206 Å². The van der Waals surface area contributed by atoms with Gasteiger partial charge in [-0.15, -0.1) is 0 Å². The summed E-state index contributed by atoms with van der Waals surface area (Å²) in [5.41, 5.74) is 3.93. The number of amides is 1. The molecule has 0 aliphatic heterocycles. The van der Waals surface area contributed by atoms with E-state index in [1.165, 1.54) is 17.1 Å². The highest BCUT2D eigenvalue weighted by Crippen LogP contribution is 2.26. The molecule has 0 fully saturated rings. The average molecular weight is 485 g/mol. The van der Waals surface area contributed by atoms with E-state index in [2.05, 4.69) is 25.6 Å². The quantitative estimate of drug-likeness (QED) is 0.351. The Morgan fingerprint density at radius 1 is 1.03 bits per heavy atom. The van der Waals surface area contributed by atoms with Crippen molar-refractivity contribution < 1.29 is 14.3 Å². The molecule has 4 heterocycles. The molecule has 36 heavy (non-hydrogen) atoms. The van der Waals surface area contributed by atoms with Crippen molar-refractivity contribution in [3.63, 3.8) is 0 Å². The molecule has 1 N–H and O–H groups in total. The van der Waals surface area contributed by atoms with Gasteiger partial charge >= 0.3 is 5.97 Å². The van der Waals surface area contributed by atoms with Crippen molar-refractivity contribution in [3.8, 4) is 16.9 Å². The SMILES string of the molecule is CCOC(=O)c1cnn(-c2ccccc2)c1NC(=O)c1cnn2c(-c3cn(CC)nc3C)ccnc12. The lowest BCUT2D eigenvalue weighted by Crippen LogP contribution is -2.18. The number of anilines is 1. The first kappa shape index (κ1) is 23.0. The van der Waals surface area contributed by atoms with Gasteiger partial charge in [0.2, 0.25) is 0 Å². The molecule has 182 valence electrons. The van der Waals surface area contributed by atoms with Gasteiger partial charge in [-0.3, -0.25) is 9.48 Å². The number of nitrogens with zero attached hydrogens (tertiary/aromatic N) is 7. The van der Waals surface area contributed by atoms with Gasteiger partial charge in [-0.05, 0) is 39.0 Å². The first-order chi connectivity index (χ1) is 17.5. The maximum Gasteiger partial charge on any atom is 0.343 e. The molecule has 0 unspecified atom stereocenters. The van der Waals surface area contributed by atoms with Crippen molar-refractivity contribution >= 4 is 23.3 Å². The zero-order chi connectivity index (χ0) is 25.2. The summed E-state index contributed by atoms with van der Waals surface area (Å²) in [5, 5.41) is 16.1. The van der Waals surface area contributed by atoms with Crippen LogP contribution in [0, 0.1) is 6.92 Å². The van der Waals surface area contributed by atoms with Crippen LogP contribution < -0.4 is 5.32 Å². The molecule has 0 aliphatic rings.